The molecule has 1 unspecified atom stereocenters. The van der Waals surface area contributed by atoms with Crippen molar-refractivity contribution < 1.29 is 4.79 Å². The average Bonchev–Trinajstić information content (AvgIpc) is 3.04. The van der Waals surface area contributed by atoms with Gasteiger partial charge in [-0.15, -0.1) is 0 Å². The molecule has 1 aromatic heterocycles. The van der Waals surface area contributed by atoms with Crippen molar-refractivity contribution in [1.82, 2.24) is 9.47 Å². The lowest BCUT2D eigenvalue weighted by atomic mass is 10.0. The Morgan fingerprint density at radius 1 is 1.29 bits per heavy atom. The first-order valence-corrected chi connectivity index (χ1v) is 7.67. The van der Waals surface area contributed by atoms with Gasteiger partial charge in [-0.25, -0.2) is 0 Å². The predicted molar refractivity (Wildman–Crippen MR) is 87.9 cm³/mol. The number of benzene rings is 1. The van der Waals surface area contributed by atoms with Gasteiger partial charge in [-0.1, -0.05) is 11.6 Å². The lowest BCUT2D eigenvalue weighted by molar-refractivity contribution is 0.0953. The number of carbonyl (C=O) groups excluding carboxylic acids is 1. The topological polar surface area (TPSA) is 25.2 Å². The molecule has 108 valence electrons. The number of nitrogens with zero attached hydrogens (tertiary/aromatic N) is 2. The minimum Gasteiger partial charge on any atom is -0.340 e. The van der Waals surface area contributed by atoms with Gasteiger partial charge in [0.05, 0.1) is 6.04 Å². The summed E-state index contributed by atoms with van der Waals surface area (Å²) in [7, 11) is 0. The Bertz CT molecular complexity index is 693. The van der Waals surface area contributed by atoms with E-state index in [1.54, 1.807) is 24.3 Å². The van der Waals surface area contributed by atoms with Crippen LogP contribution >= 0.6 is 23.8 Å². The zero-order valence-corrected chi connectivity index (χ0v) is 13.2. The molecule has 21 heavy (non-hydrogen) atoms. The van der Waals surface area contributed by atoms with Gasteiger partial charge < -0.3 is 4.90 Å². The standard InChI is InChI=1S/C16H15ClN2OS/c1-2-18-14(13-4-3-9-19(13)16(18)21)10-15(20)11-5-7-12(17)8-6-11/h3-9,14H,2,10H2,1H3. The summed E-state index contributed by atoms with van der Waals surface area (Å²) in [5.74, 6) is 0.104. The van der Waals surface area contributed by atoms with Gasteiger partial charge in [0, 0.05) is 35.4 Å². The Morgan fingerprint density at radius 3 is 2.67 bits per heavy atom. The van der Waals surface area contributed by atoms with Gasteiger partial charge in [0.1, 0.15) is 0 Å². The van der Waals surface area contributed by atoms with E-state index in [0.717, 1.165) is 17.4 Å². The van der Waals surface area contributed by atoms with Gasteiger partial charge in [0.25, 0.3) is 0 Å². The van der Waals surface area contributed by atoms with Crippen molar-refractivity contribution in [3.05, 3.63) is 58.9 Å². The maximum atomic E-state index is 12.5. The highest BCUT2D eigenvalue weighted by Crippen LogP contribution is 2.33. The van der Waals surface area contributed by atoms with Crippen LogP contribution in [0.1, 0.15) is 35.4 Å². The number of carbonyl (C=O) groups is 1. The van der Waals surface area contributed by atoms with E-state index in [9.17, 15) is 4.79 Å². The molecular weight excluding hydrogens is 304 g/mol. The Hall–Kier alpha value is -1.65. The van der Waals surface area contributed by atoms with Crippen LogP contribution < -0.4 is 0 Å². The Kier molecular flexibility index (Phi) is 3.83. The third-order valence-electron chi connectivity index (χ3n) is 3.84. The second kappa shape index (κ2) is 5.62. The van der Waals surface area contributed by atoms with E-state index in [0.29, 0.717) is 17.0 Å². The molecule has 0 bridgehead atoms. The number of ketones is 1. The molecule has 0 aliphatic carbocycles. The van der Waals surface area contributed by atoms with Crippen LogP contribution in [-0.2, 0) is 0 Å². The minimum atomic E-state index is 0.0145. The maximum absolute atomic E-state index is 12.5. The van der Waals surface area contributed by atoms with Gasteiger partial charge in [-0.3, -0.25) is 9.36 Å². The minimum absolute atomic E-state index is 0.0145. The third kappa shape index (κ3) is 2.49. The third-order valence-corrected chi connectivity index (χ3v) is 4.52. The molecule has 1 aliphatic heterocycles. The zero-order valence-electron chi connectivity index (χ0n) is 11.6. The molecular formula is C16H15ClN2OS. The van der Waals surface area contributed by atoms with Crippen molar-refractivity contribution in [2.24, 2.45) is 0 Å². The van der Waals surface area contributed by atoms with Crippen molar-refractivity contribution in [3.63, 3.8) is 0 Å². The molecule has 1 atom stereocenters. The molecule has 2 heterocycles. The molecule has 3 rings (SSSR count). The van der Waals surface area contributed by atoms with Gasteiger partial charge in [-0.05, 0) is 55.5 Å². The first kappa shape index (κ1) is 14.3. The summed E-state index contributed by atoms with van der Waals surface area (Å²) < 4.78 is 1.98. The monoisotopic (exact) mass is 318 g/mol. The van der Waals surface area contributed by atoms with Crippen molar-refractivity contribution in [3.8, 4) is 0 Å². The van der Waals surface area contributed by atoms with Crippen molar-refractivity contribution in [2.75, 3.05) is 6.54 Å². The van der Waals surface area contributed by atoms with Gasteiger partial charge in [0.2, 0.25) is 0 Å². The van der Waals surface area contributed by atoms with E-state index in [-0.39, 0.29) is 11.8 Å². The summed E-state index contributed by atoms with van der Waals surface area (Å²) in [6.07, 6.45) is 2.37. The van der Waals surface area contributed by atoms with Crippen LogP contribution in [0, 0.1) is 0 Å². The fourth-order valence-corrected chi connectivity index (χ4v) is 3.32. The summed E-state index contributed by atoms with van der Waals surface area (Å²) in [5, 5.41) is 1.41. The summed E-state index contributed by atoms with van der Waals surface area (Å²) in [6, 6.07) is 11.0. The number of aromatic nitrogens is 1. The predicted octanol–water partition coefficient (Wildman–Crippen LogP) is 3.92. The van der Waals surface area contributed by atoms with Crippen LogP contribution in [0.2, 0.25) is 5.02 Å². The molecule has 0 saturated heterocycles. The second-order valence-corrected chi connectivity index (χ2v) is 5.82. The maximum Gasteiger partial charge on any atom is 0.180 e. The SMILES string of the molecule is CCN1C(=S)n2cccc2C1CC(=O)c1ccc(Cl)cc1. The van der Waals surface area contributed by atoms with Gasteiger partial charge >= 0.3 is 0 Å². The quantitative estimate of drug-likeness (QED) is 0.631. The molecule has 0 radical (unpaired) electrons. The van der Waals surface area contributed by atoms with E-state index in [2.05, 4.69) is 11.8 Å². The van der Waals surface area contributed by atoms with Crippen molar-refractivity contribution in [1.29, 1.82) is 0 Å². The molecule has 1 aromatic carbocycles. The van der Waals surface area contributed by atoms with Crippen LogP contribution in [0.25, 0.3) is 0 Å². The zero-order chi connectivity index (χ0) is 15.0. The van der Waals surface area contributed by atoms with Crippen LogP contribution in [0.15, 0.2) is 42.6 Å². The average molecular weight is 319 g/mol. The number of Topliss-reactive ketones (excluding diaryl/α,β-unsaturated/α-hetero) is 1. The highest BCUT2D eigenvalue weighted by Gasteiger charge is 2.34. The molecule has 0 N–H and O–H groups in total. The molecule has 0 spiro atoms. The fraction of sp³-hybridized carbons (Fsp3) is 0.250. The summed E-state index contributed by atoms with van der Waals surface area (Å²) in [5.41, 5.74) is 1.77. The molecule has 2 aromatic rings. The van der Waals surface area contributed by atoms with Crippen LogP contribution in [0.3, 0.4) is 0 Å². The van der Waals surface area contributed by atoms with E-state index >= 15 is 0 Å². The fourth-order valence-electron chi connectivity index (χ4n) is 2.77. The first-order chi connectivity index (χ1) is 10.1. The van der Waals surface area contributed by atoms with Crippen molar-refractivity contribution >= 4 is 34.7 Å². The lowest BCUT2D eigenvalue weighted by Gasteiger charge is -2.23. The molecule has 1 aliphatic rings. The smallest absolute Gasteiger partial charge is 0.180 e. The molecule has 0 fully saturated rings. The van der Waals surface area contributed by atoms with Gasteiger partial charge in [0.15, 0.2) is 10.9 Å². The first-order valence-electron chi connectivity index (χ1n) is 6.88. The van der Waals surface area contributed by atoms with E-state index in [4.69, 9.17) is 23.8 Å². The van der Waals surface area contributed by atoms with Gasteiger partial charge in [-0.2, -0.15) is 0 Å². The summed E-state index contributed by atoms with van der Waals surface area (Å²) in [6.45, 7) is 2.84. The van der Waals surface area contributed by atoms with E-state index in [1.165, 1.54) is 0 Å². The second-order valence-electron chi connectivity index (χ2n) is 5.02. The summed E-state index contributed by atoms with van der Waals surface area (Å²) >= 11 is 11.3. The lowest BCUT2D eigenvalue weighted by Crippen LogP contribution is -2.30. The van der Waals surface area contributed by atoms with E-state index in [1.807, 2.05) is 22.9 Å². The highest BCUT2D eigenvalue weighted by molar-refractivity contribution is 7.80. The molecule has 5 heteroatoms. The molecule has 0 saturated carbocycles. The number of fused-ring (bicyclic) bond motifs is 1. The highest BCUT2D eigenvalue weighted by atomic mass is 35.5. The van der Waals surface area contributed by atoms with Crippen molar-refractivity contribution in [2.45, 2.75) is 19.4 Å². The Morgan fingerprint density at radius 2 is 2.00 bits per heavy atom. The van der Waals surface area contributed by atoms with Crippen LogP contribution in [-0.4, -0.2) is 26.9 Å². The number of hydrogen-bond acceptors (Lipinski definition) is 2. The Balaban J connectivity index is 1.85. The van der Waals surface area contributed by atoms with Crippen LogP contribution in [0.5, 0.6) is 0 Å². The van der Waals surface area contributed by atoms with Crippen LogP contribution in [0.4, 0.5) is 0 Å². The number of thiocarbonyl (C=S) groups is 1. The molecule has 3 nitrogen and oxygen atoms in total. The van der Waals surface area contributed by atoms with E-state index < -0.39 is 0 Å². The number of halogens is 1. The Labute approximate surface area is 134 Å². The number of hydrogen-bond donors (Lipinski definition) is 0. The molecule has 0 amide bonds. The summed E-state index contributed by atoms with van der Waals surface area (Å²) in [4.78, 5) is 14.6. The normalized spacial score (nSPS) is 17.1. The number of rotatable bonds is 4. The largest absolute Gasteiger partial charge is 0.340 e.